The normalized spacial score (nSPS) is 13.7. The standard InChI is InChI=1S/C22H23NO5/c1-27-21-11-5-16(14-20(21)25)4-10-19(24)17-6-8-18(9-7-17)28-15-22(26)23-12-2-3-13-23/h4-11,14,25H,2-3,12-13,15H2,1H3/b10-4+. The summed E-state index contributed by atoms with van der Waals surface area (Å²) in [5, 5.41) is 9.78. The number of phenols is 1. The Balaban J connectivity index is 1.55. The maximum atomic E-state index is 12.3. The summed E-state index contributed by atoms with van der Waals surface area (Å²) in [5.74, 6) is 0.760. The highest BCUT2D eigenvalue weighted by Crippen LogP contribution is 2.26. The van der Waals surface area contributed by atoms with E-state index in [9.17, 15) is 14.7 Å². The second kappa shape index (κ2) is 9.08. The topological polar surface area (TPSA) is 76.1 Å². The molecule has 1 saturated heterocycles. The van der Waals surface area contributed by atoms with Gasteiger partial charge in [-0.25, -0.2) is 0 Å². The molecule has 0 spiro atoms. The van der Waals surface area contributed by atoms with Crippen LogP contribution in [-0.2, 0) is 4.79 Å². The molecule has 1 heterocycles. The van der Waals surface area contributed by atoms with E-state index in [2.05, 4.69) is 0 Å². The number of ketones is 1. The number of ether oxygens (including phenoxy) is 2. The number of hydrogen-bond donors (Lipinski definition) is 1. The number of phenolic OH excluding ortho intramolecular Hbond substituents is 1. The van der Waals surface area contributed by atoms with E-state index in [0.29, 0.717) is 22.6 Å². The lowest BCUT2D eigenvalue weighted by atomic mass is 10.1. The Morgan fingerprint density at radius 1 is 1.11 bits per heavy atom. The molecule has 28 heavy (non-hydrogen) atoms. The van der Waals surface area contributed by atoms with Crippen LogP contribution in [0.1, 0.15) is 28.8 Å². The minimum atomic E-state index is -0.171. The molecule has 0 bridgehead atoms. The smallest absolute Gasteiger partial charge is 0.260 e. The van der Waals surface area contributed by atoms with E-state index in [-0.39, 0.29) is 24.0 Å². The van der Waals surface area contributed by atoms with Crippen LogP contribution in [0, 0.1) is 0 Å². The van der Waals surface area contributed by atoms with E-state index < -0.39 is 0 Å². The molecule has 6 heteroatoms. The van der Waals surface area contributed by atoms with Gasteiger partial charge < -0.3 is 19.5 Å². The van der Waals surface area contributed by atoms with Crippen LogP contribution in [0.4, 0.5) is 0 Å². The average molecular weight is 381 g/mol. The van der Waals surface area contributed by atoms with Crippen molar-refractivity contribution in [2.45, 2.75) is 12.8 Å². The van der Waals surface area contributed by atoms with Crippen LogP contribution in [-0.4, -0.2) is 48.5 Å². The second-order valence-corrected chi connectivity index (χ2v) is 6.53. The highest BCUT2D eigenvalue weighted by atomic mass is 16.5. The molecule has 3 rings (SSSR count). The quantitative estimate of drug-likeness (QED) is 0.588. The van der Waals surface area contributed by atoms with Crippen molar-refractivity contribution in [3.63, 3.8) is 0 Å². The summed E-state index contributed by atoms with van der Waals surface area (Å²) in [4.78, 5) is 26.1. The van der Waals surface area contributed by atoms with E-state index >= 15 is 0 Å². The van der Waals surface area contributed by atoms with Crippen molar-refractivity contribution in [2.24, 2.45) is 0 Å². The summed E-state index contributed by atoms with van der Waals surface area (Å²) in [6.45, 7) is 1.61. The molecule has 2 aromatic carbocycles. The van der Waals surface area contributed by atoms with Gasteiger partial charge in [0.05, 0.1) is 7.11 Å². The first-order chi connectivity index (χ1) is 13.6. The number of amides is 1. The Morgan fingerprint density at radius 2 is 1.82 bits per heavy atom. The van der Waals surface area contributed by atoms with Gasteiger partial charge in [0, 0.05) is 18.7 Å². The van der Waals surface area contributed by atoms with Crippen LogP contribution in [0.15, 0.2) is 48.5 Å². The maximum absolute atomic E-state index is 12.3. The van der Waals surface area contributed by atoms with Crippen LogP contribution in [0.2, 0.25) is 0 Å². The fraction of sp³-hybridized carbons (Fsp3) is 0.273. The van der Waals surface area contributed by atoms with Crippen molar-refractivity contribution in [1.82, 2.24) is 4.90 Å². The van der Waals surface area contributed by atoms with Crippen molar-refractivity contribution in [3.05, 3.63) is 59.7 Å². The predicted octanol–water partition coefficient (Wildman–Crippen LogP) is 3.30. The van der Waals surface area contributed by atoms with Gasteiger partial charge in [0.25, 0.3) is 5.91 Å². The average Bonchev–Trinajstić information content (AvgIpc) is 3.26. The lowest BCUT2D eigenvalue weighted by molar-refractivity contribution is -0.132. The number of likely N-dealkylation sites (tertiary alicyclic amines) is 1. The third-order valence-electron chi connectivity index (χ3n) is 4.59. The first-order valence-corrected chi connectivity index (χ1v) is 9.17. The summed E-state index contributed by atoms with van der Waals surface area (Å²) >= 11 is 0. The van der Waals surface area contributed by atoms with Gasteiger partial charge in [0.2, 0.25) is 0 Å². The summed E-state index contributed by atoms with van der Waals surface area (Å²) in [5.41, 5.74) is 1.19. The minimum absolute atomic E-state index is 0.00809. The van der Waals surface area contributed by atoms with Gasteiger partial charge >= 0.3 is 0 Å². The van der Waals surface area contributed by atoms with Crippen molar-refractivity contribution in [3.8, 4) is 17.2 Å². The highest BCUT2D eigenvalue weighted by molar-refractivity contribution is 6.06. The third kappa shape index (κ3) is 4.91. The molecule has 6 nitrogen and oxygen atoms in total. The summed E-state index contributed by atoms with van der Waals surface area (Å²) in [7, 11) is 1.48. The molecule has 1 aliphatic rings. The van der Waals surface area contributed by atoms with Gasteiger partial charge in [-0.15, -0.1) is 0 Å². The molecule has 1 fully saturated rings. The van der Waals surface area contributed by atoms with Crippen molar-refractivity contribution >= 4 is 17.8 Å². The number of methoxy groups -OCH3 is 1. The minimum Gasteiger partial charge on any atom is -0.504 e. The number of nitrogens with zero attached hydrogens (tertiary/aromatic N) is 1. The Hall–Kier alpha value is -3.28. The fourth-order valence-corrected chi connectivity index (χ4v) is 3.00. The lowest BCUT2D eigenvalue weighted by Gasteiger charge is -2.15. The van der Waals surface area contributed by atoms with Crippen molar-refractivity contribution in [1.29, 1.82) is 0 Å². The number of hydrogen-bond acceptors (Lipinski definition) is 5. The molecule has 1 N–H and O–H groups in total. The van der Waals surface area contributed by atoms with E-state index in [1.165, 1.54) is 19.3 Å². The Kier molecular flexibility index (Phi) is 6.32. The van der Waals surface area contributed by atoms with Crippen LogP contribution in [0.3, 0.4) is 0 Å². The maximum Gasteiger partial charge on any atom is 0.260 e. The molecule has 0 unspecified atom stereocenters. The first kappa shape index (κ1) is 19.5. The van der Waals surface area contributed by atoms with Crippen molar-refractivity contribution < 1.29 is 24.2 Å². The Bertz CT molecular complexity index is 867. The summed E-state index contributed by atoms with van der Waals surface area (Å²) in [6, 6.07) is 11.6. The van der Waals surface area contributed by atoms with E-state index in [1.54, 1.807) is 47.4 Å². The van der Waals surface area contributed by atoms with Gasteiger partial charge in [-0.05, 0) is 60.9 Å². The highest BCUT2D eigenvalue weighted by Gasteiger charge is 2.18. The SMILES string of the molecule is COc1ccc(/C=C/C(=O)c2ccc(OCC(=O)N3CCCC3)cc2)cc1O. The van der Waals surface area contributed by atoms with E-state index in [0.717, 1.165) is 25.9 Å². The summed E-state index contributed by atoms with van der Waals surface area (Å²) in [6.07, 6.45) is 5.16. The fourth-order valence-electron chi connectivity index (χ4n) is 3.00. The van der Waals surface area contributed by atoms with E-state index in [1.807, 2.05) is 0 Å². The molecule has 0 saturated carbocycles. The number of benzene rings is 2. The van der Waals surface area contributed by atoms with Gasteiger partial charge in [-0.3, -0.25) is 9.59 Å². The molecular formula is C22H23NO5. The molecule has 146 valence electrons. The van der Waals surface area contributed by atoms with Crippen molar-refractivity contribution in [2.75, 3.05) is 26.8 Å². The van der Waals surface area contributed by atoms with Gasteiger partial charge in [0.1, 0.15) is 5.75 Å². The molecule has 0 aromatic heterocycles. The number of rotatable bonds is 7. The molecule has 1 aliphatic heterocycles. The Labute approximate surface area is 164 Å². The zero-order valence-electron chi connectivity index (χ0n) is 15.8. The predicted molar refractivity (Wildman–Crippen MR) is 106 cm³/mol. The summed E-state index contributed by atoms with van der Waals surface area (Å²) < 4.78 is 10.5. The molecular weight excluding hydrogens is 358 g/mol. The van der Waals surface area contributed by atoms with Gasteiger partial charge in [0.15, 0.2) is 23.9 Å². The number of carbonyl (C=O) groups excluding carboxylic acids is 2. The Morgan fingerprint density at radius 3 is 2.46 bits per heavy atom. The molecule has 0 aliphatic carbocycles. The largest absolute Gasteiger partial charge is 0.504 e. The van der Waals surface area contributed by atoms with Gasteiger partial charge in [-0.1, -0.05) is 12.1 Å². The first-order valence-electron chi connectivity index (χ1n) is 9.17. The number of carbonyl (C=O) groups is 2. The van der Waals surface area contributed by atoms with Crippen LogP contribution in [0.25, 0.3) is 6.08 Å². The zero-order valence-corrected chi connectivity index (χ0v) is 15.8. The zero-order chi connectivity index (χ0) is 19.9. The number of allylic oxidation sites excluding steroid dienone is 1. The molecule has 0 radical (unpaired) electrons. The van der Waals surface area contributed by atoms with Gasteiger partial charge in [-0.2, -0.15) is 0 Å². The van der Waals surface area contributed by atoms with E-state index in [4.69, 9.17) is 9.47 Å². The monoisotopic (exact) mass is 381 g/mol. The molecule has 1 amide bonds. The molecule has 2 aromatic rings. The lowest BCUT2D eigenvalue weighted by Crippen LogP contribution is -2.32. The third-order valence-corrected chi connectivity index (χ3v) is 4.59. The number of aromatic hydroxyl groups is 1. The second-order valence-electron chi connectivity index (χ2n) is 6.53. The van der Waals surface area contributed by atoms with Crippen LogP contribution < -0.4 is 9.47 Å². The molecule has 0 atom stereocenters. The van der Waals surface area contributed by atoms with Crippen LogP contribution >= 0.6 is 0 Å². The van der Waals surface area contributed by atoms with Crippen LogP contribution in [0.5, 0.6) is 17.2 Å².